The van der Waals surface area contributed by atoms with Crippen LogP contribution in [0.15, 0.2) is 6.20 Å². The number of hydrogen-bond donors (Lipinski definition) is 0. The monoisotopic (exact) mass is 251 g/mol. The SMILES string of the molecule is COc1c(C)cnn1C1CCN(C(C)(C)C)CC1. The highest BCUT2D eigenvalue weighted by atomic mass is 16.5. The molecule has 0 bridgehead atoms. The summed E-state index contributed by atoms with van der Waals surface area (Å²) in [5, 5.41) is 4.47. The lowest BCUT2D eigenvalue weighted by Gasteiger charge is -2.41. The van der Waals surface area contributed by atoms with Gasteiger partial charge in [-0.25, -0.2) is 4.68 Å². The number of ether oxygens (including phenoxy) is 1. The van der Waals surface area contributed by atoms with Gasteiger partial charge in [0.25, 0.3) is 0 Å². The van der Waals surface area contributed by atoms with E-state index in [0.29, 0.717) is 6.04 Å². The summed E-state index contributed by atoms with van der Waals surface area (Å²) in [6.45, 7) is 11.2. The molecule has 4 heteroatoms. The molecule has 0 N–H and O–H groups in total. The van der Waals surface area contributed by atoms with Crippen LogP contribution in [0.25, 0.3) is 0 Å². The molecule has 1 aromatic rings. The first-order valence-electron chi connectivity index (χ1n) is 6.76. The summed E-state index contributed by atoms with van der Waals surface area (Å²) in [5.74, 6) is 0.921. The highest BCUT2D eigenvalue weighted by Gasteiger charge is 2.29. The van der Waals surface area contributed by atoms with Crippen LogP contribution >= 0.6 is 0 Å². The second-order valence-electron chi connectivity index (χ2n) is 6.17. The molecule has 4 nitrogen and oxygen atoms in total. The number of aromatic nitrogens is 2. The summed E-state index contributed by atoms with van der Waals surface area (Å²) in [7, 11) is 1.73. The fourth-order valence-corrected chi connectivity index (χ4v) is 2.73. The Morgan fingerprint density at radius 3 is 2.39 bits per heavy atom. The van der Waals surface area contributed by atoms with Crippen LogP contribution in [0, 0.1) is 6.92 Å². The lowest BCUT2D eigenvalue weighted by atomic mass is 9.98. The summed E-state index contributed by atoms with van der Waals surface area (Å²) >= 11 is 0. The normalized spacial score (nSPS) is 19.2. The van der Waals surface area contributed by atoms with Crippen molar-refractivity contribution in [1.82, 2.24) is 14.7 Å². The predicted octanol–water partition coefficient (Wildman–Crippen LogP) is 2.64. The molecule has 0 atom stereocenters. The largest absolute Gasteiger partial charge is 0.481 e. The molecular formula is C14H25N3O. The van der Waals surface area contributed by atoms with E-state index >= 15 is 0 Å². The maximum Gasteiger partial charge on any atom is 0.214 e. The zero-order valence-electron chi connectivity index (χ0n) is 12.2. The minimum atomic E-state index is 0.273. The highest BCUT2D eigenvalue weighted by Crippen LogP contribution is 2.30. The van der Waals surface area contributed by atoms with Crippen LogP contribution in [0.4, 0.5) is 0 Å². The molecule has 0 aromatic carbocycles. The van der Waals surface area contributed by atoms with Crippen molar-refractivity contribution < 1.29 is 4.74 Å². The number of nitrogens with zero attached hydrogens (tertiary/aromatic N) is 3. The second-order valence-corrected chi connectivity index (χ2v) is 6.17. The molecular weight excluding hydrogens is 226 g/mol. The molecule has 0 aliphatic carbocycles. The third kappa shape index (κ3) is 2.53. The third-order valence-corrected chi connectivity index (χ3v) is 3.87. The molecule has 1 aliphatic rings. The Morgan fingerprint density at radius 2 is 1.89 bits per heavy atom. The van der Waals surface area contributed by atoms with E-state index in [4.69, 9.17) is 4.74 Å². The van der Waals surface area contributed by atoms with E-state index in [1.54, 1.807) is 7.11 Å². The van der Waals surface area contributed by atoms with Crippen LogP contribution in [0.2, 0.25) is 0 Å². The first kappa shape index (κ1) is 13.4. The third-order valence-electron chi connectivity index (χ3n) is 3.87. The van der Waals surface area contributed by atoms with Gasteiger partial charge in [-0.3, -0.25) is 4.90 Å². The van der Waals surface area contributed by atoms with E-state index in [0.717, 1.165) is 37.4 Å². The molecule has 18 heavy (non-hydrogen) atoms. The van der Waals surface area contributed by atoms with E-state index in [1.807, 2.05) is 13.1 Å². The van der Waals surface area contributed by atoms with Crippen molar-refractivity contribution in [3.05, 3.63) is 11.8 Å². The molecule has 1 saturated heterocycles. The van der Waals surface area contributed by atoms with Crippen molar-refractivity contribution in [2.24, 2.45) is 0 Å². The minimum Gasteiger partial charge on any atom is -0.481 e. The average molecular weight is 251 g/mol. The summed E-state index contributed by atoms with van der Waals surface area (Å²) in [6, 6.07) is 0.479. The van der Waals surface area contributed by atoms with Gasteiger partial charge in [-0.2, -0.15) is 5.10 Å². The van der Waals surface area contributed by atoms with Crippen molar-refractivity contribution in [1.29, 1.82) is 0 Å². The lowest BCUT2D eigenvalue weighted by Crippen LogP contribution is -2.46. The number of piperidine rings is 1. The van der Waals surface area contributed by atoms with E-state index < -0.39 is 0 Å². The summed E-state index contributed by atoms with van der Waals surface area (Å²) in [4.78, 5) is 2.55. The Labute approximate surface area is 110 Å². The Balaban J connectivity index is 2.06. The van der Waals surface area contributed by atoms with Crippen LogP contribution in [0.3, 0.4) is 0 Å². The van der Waals surface area contributed by atoms with Crippen LogP contribution < -0.4 is 4.74 Å². The van der Waals surface area contributed by atoms with Crippen molar-refractivity contribution in [2.75, 3.05) is 20.2 Å². The highest BCUT2D eigenvalue weighted by molar-refractivity contribution is 5.22. The molecule has 0 spiro atoms. The van der Waals surface area contributed by atoms with Gasteiger partial charge < -0.3 is 4.74 Å². The second kappa shape index (κ2) is 4.92. The van der Waals surface area contributed by atoms with Gasteiger partial charge in [0.15, 0.2) is 0 Å². The maximum atomic E-state index is 5.45. The summed E-state index contributed by atoms with van der Waals surface area (Å²) < 4.78 is 7.52. The van der Waals surface area contributed by atoms with Gasteiger partial charge >= 0.3 is 0 Å². The van der Waals surface area contributed by atoms with Crippen molar-refractivity contribution >= 4 is 0 Å². The van der Waals surface area contributed by atoms with Gasteiger partial charge in [-0.1, -0.05) is 0 Å². The topological polar surface area (TPSA) is 30.3 Å². The van der Waals surface area contributed by atoms with Crippen LogP contribution in [-0.4, -0.2) is 40.4 Å². The fourth-order valence-electron chi connectivity index (χ4n) is 2.73. The number of rotatable bonds is 2. The molecule has 0 saturated carbocycles. The number of methoxy groups -OCH3 is 1. The van der Waals surface area contributed by atoms with Gasteiger partial charge in [0.1, 0.15) is 0 Å². The summed E-state index contributed by atoms with van der Waals surface area (Å²) in [5.41, 5.74) is 1.39. The fraction of sp³-hybridized carbons (Fsp3) is 0.786. The van der Waals surface area contributed by atoms with Gasteiger partial charge in [-0.05, 0) is 40.5 Å². The van der Waals surface area contributed by atoms with Gasteiger partial charge in [0.2, 0.25) is 5.88 Å². The number of hydrogen-bond acceptors (Lipinski definition) is 3. The average Bonchev–Trinajstić information content (AvgIpc) is 2.69. The Bertz CT molecular complexity index is 398. The zero-order chi connectivity index (χ0) is 13.3. The van der Waals surface area contributed by atoms with E-state index in [9.17, 15) is 0 Å². The molecule has 0 unspecified atom stereocenters. The van der Waals surface area contributed by atoms with E-state index in [1.165, 1.54) is 0 Å². The molecule has 2 heterocycles. The van der Waals surface area contributed by atoms with Crippen molar-refractivity contribution in [2.45, 2.75) is 52.1 Å². The molecule has 1 aromatic heterocycles. The van der Waals surface area contributed by atoms with E-state index in [-0.39, 0.29) is 5.54 Å². The minimum absolute atomic E-state index is 0.273. The molecule has 102 valence electrons. The number of aryl methyl sites for hydroxylation is 1. The van der Waals surface area contributed by atoms with Crippen molar-refractivity contribution in [3.8, 4) is 5.88 Å². The van der Waals surface area contributed by atoms with Gasteiger partial charge in [0, 0.05) is 24.2 Å². The van der Waals surface area contributed by atoms with Crippen molar-refractivity contribution in [3.63, 3.8) is 0 Å². The first-order valence-corrected chi connectivity index (χ1v) is 6.76. The Hall–Kier alpha value is -1.03. The van der Waals surface area contributed by atoms with E-state index in [2.05, 4.69) is 35.5 Å². The quantitative estimate of drug-likeness (QED) is 0.809. The Morgan fingerprint density at radius 1 is 1.28 bits per heavy atom. The van der Waals surface area contributed by atoms with Crippen LogP contribution in [0.1, 0.15) is 45.2 Å². The van der Waals surface area contributed by atoms with Gasteiger partial charge in [0.05, 0.1) is 19.3 Å². The zero-order valence-corrected chi connectivity index (χ0v) is 12.2. The lowest BCUT2D eigenvalue weighted by molar-refractivity contribution is 0.0847. The predicted molar refractivity (Wildman–Crippen MR) is 73.1 cm³/mol. The van der Waals surface area contributed by atoms with Gasteiger partial charge in [-0.15, -0.1) is 0 Å². The standard InChI is InChI=1S/C14H25N3O/c1-11-10-15-17(13(11)18-5)12-6-8-16(9-7-12)14(2,3)4/h10,12H,6-9H2,1-5H3. The molecule has 1 fully saturated rings. The molecule has 0 radical (unpaired) electrons. The molecule has 1 aliphatic heterocycles. The Kier molecular flexibility index (Phi) is 3.66. The van der Waals surface area contributed by atoms with Crippen LogP contribution in [-0.2, 0) is 0 Å². The first-order chi connectivity index (χ1) is 8.43. The maximum absolute atomic E-state index is 5.45. The smallest absolute Gasteiger partial charge is 0.214 e. The summed E-state index contributed by atoms with van der Waals surface area (Å²) in [6.07, 6.45) is 4.19. The van der Waals surface area contributed by atoms with Crippen LogP contribution in [0.5, 0.6) is 5.88 Å². The number of likely N-dealkylation sites (tertiary alicyclic amines) is 1. The molecule has 0 amide bonds. The molecule has 2 rings (SSSR count).